The minimum atomic E-state index is -3.55. The molecule has 2 aromatic rings. The fourth-order valence-corrected chi connectivity index (χ4v) is 5.17. The highest BCUT2D eigenvalue weighted by molar-refractivity contribution is 7.89. The SMILES string of the molecule is CCN(CC1COc2ccccc2O1)S(=O)(=O)c1ccc2c(c1)CCC2. The third-order valence-corrected chi connectivity index (χ3v) is 6.97. The van der Waals surface area contributed by atoms with Crippen LogP contribution in [0, 0.1) is 0 Å². The molecule has 1 heterocycles. The number of sulfonamides is 1. The van der Waals surface area contributed by atoms with Crippen LogP contribution in [-0.4, -0.2) is 38.5 Å². The van der Waals surface area contributed by atoms with Crippen LogP contribution in [0.2, 0.25) is 0 Å². The third kappa shape index (κ3) is 3.19. The molecule has 138 valence electrons. The molecule has 2 aromatic carbocycles. The van der Waals surface area contributed by atoms with E-state index in [0.717, 1.165) is 24.8 Å². The molecule has 0 N–H and O–H groups in total. The Labute approximate surface area is 154 Å². The van der Waals surface area contributed by atoms with Gasteiger partial charge in [0.15, 0.2) is 11.5 Å². The summed E-state index contributed by atoms with van der Waals surface area (Å²) < 4.78 is 39.4. The fourth-order valence-electron chi connectivity index (χ4n) is 3.64. The Morgan fingerprint density at radius 3 is 2.65 bits per heavy atom. The maximum absolute atomic E-state index is 13.1. The van der Waals surface area contributed by atoms with E-state index in [1.807, 2.05) is 43.3 Å². The number of hydrogen-bond donors (Lipinski definition) is 0. The molecular weight excluding hydrogens is 350 g/mol. The Bertz CT molecular complexity index is 910. The van der Waals surface area contributed by atoms with Crippen LogP contribution >= 0.6 is 0 Å². The van der Waals surface area contributed by atoms with E-state index in [9.17, 15) is 8.42 Å². The molecule has 0 saturated heterocycles. The Morgan fingerprint density at radius 1 is 1.08 bits per heavy atom. The lowest BCUT2D eigenvalue weighted by Crippen LogP contribution is -2.43. The molecule has 0 spiro atoms. The first-order valence-electron chi connectivity index (χ1n) is 9.08. The van der Waals surface area contributed by atoms with Gasteiger partial charge in [-0.1, -0.05) is 25.1 Å². The number of likely N-dealkylation sites (N-methyl/N-ethyl adjacent to an activating group) is 1. The van der Waals surface area contributed by atoms with Gasteiger partial charge in [0.25, 0.3) is 0 Å². The highest BCUT2D eigenvalue weighted by Gasteiger charge is 2.30. The van der Waals surface area contributed by atoms with Gasteiger partial charge >= 0.3 is 0 Å². The minimum absolute atomic E-state index is 0.268. The van der Waals surface area contributed by atoms with Crippen LogP contribution in [0.5, 0.6) is 11.5 Å². The van der Waals surface area contributed by atoms with Gasteiger partial charge in [-0.05, 0) is 54.7 Å². The first kappa shape index (κ1) is 17.4. The van der Waals surface area contributed by atoms with E-state index in [4.69, 9.17) is 9.47 Å². The largest absolute Gasteiger partial charge is 0.486 e. The molecule has 2 aliphatic rings. The molecule has 26 heavy (non-hydrogen) atoms. The van der Waals surface area contributed by atoms with Crippen molar-refractivity contribution in [3.05, 3.63) is 53.6 Å². The third-order valence-electron chi connectivity index (χ3n) is 5.04. The van der Waals surface area contributed by atoms with Crippen molar-refractivity contribution in [1.29, 1.82) is 0 Å². The second kappa shape index (κ2) is 6.93. The molecule has 0 saturated carbocycles. The lowest BCUT2D eigenvalue weighted by molar-refractivity contribution is 0.0771. The standard InChI is InChI=1S/C20H23NO4S/c1-2-21(13-17-14-24-19-8-3-4-9-20(19)25-17)26(22,23)18-11-10-15-6-5-7-16(15)12-18/h3-4,8-12,17H,2,5-7,13-14H2,1H3. The molecule has 1 aliphatic heterocycles. The van der Waals surface area contributed by atoms with Crippen LogP contribution in [0.3, 0.4) is 0 Å². The van der Waals surface area contributed by atoms with Crippen LogP contribution in [0.25, 0.3) is 0 Å². The molecule has 6 heteroatoms. The maximum Gasteiger partial charge on any atom is 0.243 e. The second-order valence-electron chi connectivity index (χ2n) is 6.74. The normalized spacial score (nSPS) is 18.8. The molecule has 0 bridgehead atoms. The van der Waals surface area contributed by atoms with Crippen molar-refractivity contribution in [3.8, 4) is 11.5 Å². The summed E-state index contributed by atoms with van der Waals surface area (Å²) in [4.78, 5) is 0.372. The number of aryl methyl sites for hydroxylation is 2. The van der Waals surface area contributed by atoms with Crippen molar-refractivity contribution in [2.75, 3.05) is 19.7 Å². The minimum Gasteiger partial charge on any atom is -0.486 e. The van der Waals surface area contributed by atoms with E-state index in [0.29, 0.717) is 29.5 Å². The number of nitrogens with zero attached hydrogens (tertiary/aromatic N) is 1. The summed E-state index contributed by atoms with van der Waals surface area (Å²) in [6.07, 6.45) is 2.78. The summed E-state index contributed by atoms with van der Waals surface area (Å²) in [6.45, 7) is 2.85. The van der Waals surface area contributed by atoms with Crippen LogP contribution in [0.15, 0.2) is 47.4 Å². The van der Waals surface area contributed by atoms with Gasteiger partial charge in [0.1, 0.15) is 12.7 Å². The van der Waals surface area contributed by atoms with E-state index >= 15 is 0 Å². The topological polar surface area (TPSA) is 55.8 Å². The van der Waals surface area contributed by atoms with Gasteiger partial charge in [0.2, 0.25) is 10.0 Å². The first-order valence-corrected chi connectivity index (χ1v) is 10.5. The summed E-state index contributed by atoms with van der Waals surface area (Å²) >= 11 is 0. The molecule has 5 nitrogen and oxygen atoms in total. The summed E-state index contributed by atoms with van der Waals surface area (Å²) in [5, 5.41) is 0. The molecule has 4 rings (SSSR count). The zero-order chi connectivity index (χ0) is 18.1. The van der Waals surface area contributed by atoms with Gasteiger partial charge in [-0.25, -0.2) is 8.42 Å². The average Bonchev–Trinajstić information content (AvgIpc) is 3.13. The Kier molecular flexibility index (Phi) is 4.63. The molecular formula is C20H23NO4S. The highest BCUT2D eigenvalue weighted by Crippen LogP contribution is 2.32. The van der Waals surface area contributed by atoms with Gasteiger partial charge in [0.05, 0.1) is 11.4 Å². The number of hydrogen-bond acceptors (Lipinski definition) is 4. The van der Waals surface area contributed by atoms with Gasteiger partial charge in [0, 0.05) is 6.54 Å². The highest BCUT2D eigenvalue weighted by atomic mass is 32.2. The molecule has 1 aliphatic carbocycles. The van der Waals surface area contributed by atoms with Crippen molar-refractivity contribution in [3.63, 3.8) is 0 Å². The van der Waals surface area contributed by atoms with Crippen LogP contribution in [0.4, 0.5) is 0 Å². The monoisotopic (exact) mass is 373 g/mol. The lowest BCUT2D eigenvalue weighted by atomic mass is 10.1. The van der Waals surface area contributed by atoms with Crippen molar-refractivity contribution in [2.45, 2.75) is 37.2 Å². The predicted molar refractivity (Wildman–Crippen MR) is 99.3 cm³/mol. The summed E-state index contributed by atoms with van der Waals surface area (Å²) in [7, 11) is -3.55. The van der Waals surface area contributed by atoms with Gasteiger partial charge < -0.3 is 9.47 Å². The zero-order valence-electron chi connectivity index (χ0n) is 14.8. The van der Waals surface area contributed by atoms with Crippen LogP contribution in [0.1, 0.15) is 24.5 Å². The fraction of sp³-hybridized carbons (Fsp3) is 0.400. The van der Waals surface area contributed by atoms with Gasteiger partial charge in [-0.3, -0.25) is 0 Å². The molecule has 1 unspecified atom stereocenters. The number of para-hydroxylation sites is 2. The second-order valence-corrected chi connectivity index (χ2v) is 8.68. The summed E-state index contributed by atoms with van der Waals surface area (Å²) in [5.74, 6) is 1.36. The predicted octanol–water partition coefficient (Wildman–Crippen LogP) is 3.03. The first-order chi connectivity index (χ1) is 12.6. The molecule has 0 amide bonds. The Morgan fingerprint density at radius 2 is 1.85 bits per heavy atom. The van der Waals surface area contributed by atoms with E-state index in [-0.39, 0.29) is 12.6 Å². The number of fused-ring (bicyclic) bond motifs is 2. The lowest BCUT2D eigenvalue weighted by Gasteiger charge is -2.30. The summed E-state index contributed by atoms with van der Waals surface area (Å²) in [6, 6.07) is 13.0. The van der Waals surface area contributed by atoms with Gasteiger partial charge in [-0.15, -0.1) is 0 Å². The number of benzene rings is 2. The zero-order valence-corrected chi connectivity index (χ0v) is 15.7. The van der Waals surface area contributed by atoms with E-state index in [1.54, 1.807) is 6.07 Å². The van der Waals surface area contributed by atoms with Crippen molar-refractivity contribution >= 4 is 10.0 Å². The van der Waals surface area contributed by atoms with Crippen molar-refractivity contribution in [1.82, 2.24) is 4.31 Å². The molecule has 0 radical (unpaired) electrons. The van der Waals surface area contributed by atoms with Crippen molar-refractivity contribution in [2.24, 2.45) is 0 Å². The molecule has 1 atom stereocenters. The molecule has 0 fully saturated rings. The smallest absolute Gasteiger partial charge is 0.243 e. The van der Waals surface area contributed by atoms with Gasteiger partial charge in [-0.2, -0.15) is 4.31 Å². The number of ether oxygens (including phenoxy) is 2. The quantitative estimate of drug-likeness (QED) is 0.808. The van der Waals surface area contributed by atoms with E-state index < -0.39 is 10.0 Å². The molecule has 0 aromatic heterocycles. The van der Waals surface area contributed by atoms with Crippen molar-refractivity contribution < 1.29 is 17.9 Å². The maximum atomic E-state index is 13.1. The number of rotatable bonds is 5. The van der Waals surface area contributed by atoms with E-state index in [1.165, 1.54) is 9.87 Å². The Hall–Kier alpha value is -2.05. The average molecular weight is 373 g/mol. The van der Waals surface area contributed by atoms with E-state index in [2.05, 4.69) is 0 Å². The summed E-state index contributed by atoms with van der Waals surface area (Å²) in [5.41, 5.74) is 2.43. The van der Waals surface area contributed by atoms with Crippen LogP contribution in [-0.2, 0) is 22.9 Å². The Balaban J connectivity index is 1.53. The van der Waals surface area contributed by atoms with Crippen LogP contribution < -0.4 is 9.47 Å².